The predicted molar refractivity (Wildman–Crippen MR) is 43.0 cm³/mol. The first-order valence-electron chi connectivity index (χ1n) is 3.82. The van der Waals surface area contributed by atoms with Crippen molar-refractivity contribution >= 4 is 0 Å². The third-order valence-corrected chi connectivity index (χ3v) is 1.98. The van der Waals surface area contributed by atoms with Crippen molar-refractivity contribution in [1.82, 2.24) is 15.8 Å². The van der Waals surface area contributed by atoms with Crippen molar-refractivity contribution in [3.63, 3.8) is 0 Å². The smallest absolute Gasteiger partial charge is 0.0303 e. The second kappa shape index (κ2) is 2.98. The molecule has 2 N–H and O–H groups in total. The lowest BCUT2D eigenvalue weighted by molar-refractivity contribution is 0.689. The van der Waals surface area contributed by atoms with Crippen molar-refractivity contribution in [3.05, 3.63) is 30.1 Å². The van der Waals surface area contributed by atoms with Crippen molar-refractivity contribution in [3.8, 4) is 0 Å². The zero-order valence-corrected chi connectivity index (χ0v) is 6.25. The topological polar surface area (TPSA) is 37.0 Å². The van der Waals surface area contributed by atoms with E-state index >= 15 is 0 Å². The summed E-state index contributed by atoms with van der Waals surface area (Å²) in [7, 11) is 0. The summed E-state index contributed by atoms with van der Waals surface area (Å²) in [6.07, 6.45) is 3.73. The highest BCUT2D eigenvalue weighted by atomic mass is 15.4. The molecule has 0 spiro atoms. The average molecular weight is 149 g/mol. The van der Waals surface area contributed by atoms with Crippen LogP contribution in [0.4, 0.5) is 0 Å². The van der Waals surface area contributed by atoms with Crippen LogP contribution in [0.1, 0.15) is 11.5 Å². The van der Waals surface area contributed by atoms with Crippen molar-refractivity contribution in [2.45, 2.75) is 5.92 Å². The molecule has 0 unspecified atom stereocenters. The highest BCUT2D eigenvalue weighted by Gasteiger charge is 2.15. The number of nitrogens with zero attached hydrogens (tertiary/aromatic N) is 1. The molecule has 0 aromatic carbocycles. The molecule has 1 fully saturated rings. The molecule has 2 heterocycles. The van der Waals surface area contributed by atoms with Crippen LogP contribution in [0.25, 0.3) is 0 Å². The Morgan fingerprint density at radius 1 is 1.36 bits per heavy atom. The van der Waals surface area contributed by atoms with E-state index in [1.807, 2.05) is 12.3 Å². The van der Waals surface area contributed by atoms with Crippen molar-refractivity contribution in [2.75, 3.05) is 13.1 Å². The van der Waals surface area contributed by atoms with E-state index in [1.165, 1.54) is 5.56 Å². The maximum Gasteiger partial charge on any atom is 0.0303 e. The first-order chi connectivity index (χ1) is 5.47. The SMILES string of the molecule is c1cncc(C2CNNC2)c1. The van der Waals surface area contributed by atoms with Gasteiger partial charge < -0.3 is 0 Å². The first-order valence-corrected chi connectivity index (χ1v) is 3.82. The molecule has 3 heteroatoms. The lowest BCUT2D eigenvalue weighted by atomic mass is 10.0. The molecule has 1 aliphatic rings. The molecular weight excluding hydrogens is 138 g/mol. The summed E-state index contributed by atoms with van der Waals surface area (Å²) in [5.74, 6) is 0.587. The van der Waals surface area contributed by atoms with Crippen LogP contribution in [0.2, 0.25) is 0 Å². The van der Waals surface area contributed by atoms with Gasteiger partial charge in [-0.1, -0.05) is 6.07 Å². The molecule has 0 saturated carbocycles. The molecule has 1 aromatic rings. The van der Waals surface area contributed by atoms with E-state index in [0.717, 1.165) is 13.1 Å². The lowest BCUT2D eigenvalue weighted by Crippen LogP contribution is -2.21. The molecule has 0 atom stereocenters. The molecule has 1 aliphatic heterocycles. The number of pyridine rings is 1. The van der Waals surface area contributed by atoms with E-state index in [-0.39, 0.29) is 0 Å². The Morgan fingerprint density at radius 3 is 2.82 bits per heavy atom. The monoisotopic (exact) mass is 149 g/mol. The van der Waals surface area contributed by atoms with Gasteiger partial charge in [0.05, 0.1) is 0 Å². The maximum atomic E-state index is 4.07. The summed E-state index contributed by atoms with van der Waals surface area (Å²) in [6.45, 7) is 2.01. The van der Waals surface area contributed by atoms with Crippen LogP contribution in [0.15, 0.2) is 24.5 Å². The molecule has 0 aliphatic carbocycles. The van der Waals surface area contributed by atoms with Crippen LogP contribution in [0.3, 0.4) is 0 Å². The number of hydrogen-bond donors (Lipinski definition) is 2. The standard InChI is InChI=1S/C8H11N3/c1-2-7(4-9-3-1)8-5-10-11-6-8/h1-4,8,10-11H,5-6H2. The van der Waals surface area contributed by atoms with Crippen LogP contribution in [0, 0.1) is 0 Å². The summed E-state index contributed by atoms with van der Waals surface area (Å²) < 4.78 is 0. The molecule has 3 nitrogen and oxygen atoms in total. The van der Waals surface area contributed by atoms with Gasteiger partial charge in [0, 0.05) is 31.4 Å². The molecule has 0 amide bonds. The van der Waals surface area contributed by atoms with Crippen LogP contribution in [0.5, 0.6) is 0 Å². The van der Waals surface area contributed by atoms with E-state index in [1.54, 1.807) is 6.20 Å². The quantitative estimate of drug-likeness (QED) is 0.602. The van der Waals surface area contributed by atoms with Gasteiger partial charge in [0.1, 0.15) is 0 Å². The Kier molecular flexibility index (Phi) is 1.83. The van der Waals surface area contributed by atoms with Crippen LogP contribution in [-0.4, -0.2) is 18.1 Å². The number of hydrogen-bond acceptors (Lipinski definition) is 3. The fourth-order valence-electron chi connectivity index (χ4n) is 1.32. The molecule has 0 radical (unpaired) electrons. The van der Waals surface area contributed by atoms with E-state index in [2.05, 4.69) is 21.9 Å². The van der Waals surface area contributed by atoms with Gasteiger partial charge in [-0.15, -0.1) is 0 Å². The minimum atomic E-state index is 0.587. The number of nitrogens with one attached hydrogen (secondary N) is 2. The summed E-state index contributed by atoms with van der Waals surface area (Å²) in [5.41, 5.74) is 7.50. The van der Waals surface area contributed by atoms with Gasteiger partial charge in [-0.3, -0.25) is 15.8 Å². The zero-order chi connectivity index (χ0) is 7.52. The average Bonchev–Trinajstić information content (AvgIpc) is 2.58. The van der Waals surface area contributed by atoms with Crippen molar-refractivity contribution in [2.24, 2.45) is 0 Å². The van der Waals surface area contributed by atoms with Gasteiger partial charge in [0.25, 0.3) is 0 Å². The number of rotatable bonds is 1. The first kappa shape index (κ1) is 6.76. The maximum absolute atomic E-state index is 4.07. The lowest BCUT2D eigenvalue weighted by Gasteiger charge is -2.04. The van der Waals surface area contributed by atoms with Crippen LogP contribution >= 0.6 is 0 Å². The van der Waals surface area contributed by atoms with E-state index in [0.29, 0.717) is 5.92 Å². The predicted octanol–water partition coefficient (Wildman–Crippen LogP) is 0.273. The Hall–Kier alpha value is -0.930. The Balaban J connectivity index is 2.16. The third kappa shape index (κ3) is 1.39. The van der Waals surface area contributed by atoms with Crippen molar-refractivity contribution < 1.29 is 0 Å². The van der Waals surface area contributed by atoms with Gasteiger partial charge in [0.15, 0.2) is 0 Å². The minimum Gasteiger partial charge on any atom is -0.264 e. The molecule has 11 heavy (non-hydrogen) atoms. The van der Waals surface area contributed by atoms with Gasteiger partial charge in [-0.05, 0) is 11.6 Å². The molecular formula is C8H11N3. The second-order valence-electron chi connectivity index (χ2n) is 2.75. The molecule has 1 saturated heterocycles. The summed E-state index contributed by atoms with van der Waals surface area (Å²) in [4.78, 5) is 4.07. The zero-order valence-electron chi connectivity index (χ0n) is 6.25. The van der Waals surface area contributed by atoms with Crippen LogP contribution < -0.4 is 10.9 Å². The highest BCUT2D eigenvalue weighted by Crippen LogP contribution is 2.13. The van der Waals surface area contributed by atoms with E-state index in [4.69, 9.17) is 0 Å². The van der Waals surface area contributed by atoms with Gasteiger partial charge in [0.2, 0.25) is 0 Å². The van der Waals surface area contributed by atoms with Crippen LogP contribution in [-0.2, 0) is 0 Å². The van der Waals surface area contributed by atoms with Gasteiger partial charge >= 0.3 is 0 Å². The van der Waals surface area contributed by atoms with Gasteiger partial charge in [-0.25, -0.2) is 0 Å². The second-order valence-corrected chi connectivity index (χ2v) is 2.75. The third-order valence-electron chi connectivity index (χ3n) is 1.98. The Bertz CT molecular complexity index is 216. The molecule has 0 bridgehead atoms. The Labute approximate surface area is 65.8 Å². The van der Waals surface area contributed by atoms with Gasteiger partial charge in [-0.2, -0.15) is 0 Å². The normalized spacial score (nSPS) is 18.9. The molecule has 2 rings (SSSR count). The van der Waals surface area contributed by atoms with E-state index in [9.17, 15) is 0 Å². The minimum absolute atomic E-state index is 0.587. The molecule has 58 valence electrons. The highest BCUT2D eigenvalue weighted by molar-refractivity contribution is 5.16. The van der Waals surface area contributed by atoms with Crippen molar-refractivity contribution in [1.29, 1.82) is 0 Å². The summed E-state index contributed by atoms with van der Waals surface area (Å²) in [6, 6.07) is 4.10. The molecule has 1 aromatic heterocycles. The fraction of sp³-hybridized carbons (Fsp3) is 0.375. The fourth-order valence-corrected chi connectivity index (χ4v) is 1.32. The summed E-state index contributed by atoms with van der Waals surface area (Å²) in [5, 5.41) is 0. The largest absolute Gasteiger partial charge is 0.264 e. The summed E-state index contributed by atoms with van der Waals surface area (Å²) >= 11 is 0. The van der Waals surface area contributed by atoms with E-state index < -0.39 is 0 Å². The Morgan fingerprint density at radius 2 is 2.18 bits per heavy atom. The number of hydrazine groups is 1. The number of aromatic nitrogens is 1.